The minimum atomic E-state index is -0.794. The predicted octanol–water partition coefficient (Wildman–Crippen LogP) is 3.89. The van der Waals surface area contributed by atoms with Gasteiger partial charge >= 0.3 is 11.9 Å². The maximum atomic E-state index is 14.1. The van der Waals surface area contributed by atoms with Gasteiger partial charge in [-0.3, -0.25) is 9.36 Å². The summed E-state index contributed by atoms with van der Waals surface area (Å²) < 4.78 is 23.3. The number of thiazole rings is 1. The number of rotatable bonds is 10. The molecule has 0 saturated carbocycles. The summed E-state index contributed by atoms with van der Waals surface area (Å²) in [6.07, 6.45) is 1.74. The monoisotopic (exact) mass is 598 g/mol. The van der Waals surface area contributed by atoms with E-state index < -0.39 is 18.0 Å². The highest BCUT2D eigenvalue weighted by Crippen LogP contribution is 2.35. The molecule has 2 heterocycles. The molecule has 10 heteroatoms. The molecular formula is C33H30N2O7S. The summed E-state index contributed by atoms with van der Waals surface area (Å²) >= 11 is 1.22. The third-order valence-corrected chi connectivity index (χ3v) is 7.61. The standard InChI is InChI=1S/C33H30N2O7S/c1-4-40-27(36)20-42-25-13-9-10-21(18-25)19-26-31(37)35-30(23-14-16-24(39-3)17-15-23)28(32(38)41-5-2)29(34-33(35)43-26)22-11-7-6-8-12-22/h6-19,30H,4-5,20H2,1-3H3/b26-19-/t30-/m1/s1. The Labute approximate surface area is 252 Å². The molecule has 0 spiro atoms. The predicted molar refractivity (Wildman–Crippen MR) is 163 cm³/mol. The number of benzene rings is 3. The third kappa shape index (κ3) is 6.44. The number of hydrogen-bond donors (Lipinski definition) is 0. The van der Waals surface area contributed by atoms with E-state index in [2.05, 4.69) is 0 Å². The van der Waals surface area contributed by atoms with Crippen molar-refractivity contribution in [2.45, 2.75) is 19.9 Å². The van der Waals surface area contributed by atoms with Crippen LogP contribution in [0.5, 0.6) is 11.5 Å². The van der Waals surface area contributed by atoms with Crippen LogP contribution in [-0.2, 0) is 19.1 Å². The maximum Gasteiger partial charge on any atom is 0.344 e. The van der Waals surface area contributed by atoms with Gasteiger partial charge in [-0.05, 0) is 55.3 Å². The zero-order valence-corrected chi connectivity index (χ0v) is 24.8. The molecule has 1 atom stereocenters. The normalized spacial score (nSPS) is 14.5. The fourth-order valence-electron chi connectivity index (χ4n) is 4.73. The van der Waals surface area contributed by atoms with E-state index in [-0.39, 0.29) is 31.0 Å². The molecule has 4 aromatic rings. The van der Waals surface area contributed by atoms with E-state index in [4.69, 9.17) is 23.9 Å². The van der Waals surface area contributed by atoms with Gasteiger partial charge in [-0.1, -0.05) is 65.9 Å². The van der Waals surface area contributed by atoms with Crippen molar-refractivity contribution in [3.8, 4) is 11.5 Å². The van der Waals surface area contributed by atoms with Crippen LogP contribution >= 0.6 is 11.3 Å². The quantitative estimate of drug-likeness (QED) is 0.255. The summed E-state index contributed by atoms with van der Waals surface area (Å²) in [5, 5.41) is 0. The number of fused-ring (bicyclic) bond motifs is 1. The van der Waals surface area contributed by atoms with Gasteiger partial charge in [0.2, 0.25) is 0 Å². The van der Waals surface area contributed by atoms with Gasteiger partial charge in [-0.25, -0.2) is 14.6 Å². The molecule has 1 aliphatic rings. The molecule has 1 aliphatic heterocycles. The van der Waals surface area contributed by atoms with Crippen molar-refractivity contribution in [3.63, 3.8) is 0 Å². The van der Waals surface area contributed by atoms with Crippen LogP contribution in [0, 0.1) is 0 Å². The van der Waals surface area contributed by atoms with Crippen molar-refractivity contribution in [1.29, 1.82) is 0 Å². The van der Waals surface area contributed by atoms with Crippen LogP contribution in [-0.4, -0.2) is 43.4 Å². The molecule has 0 saturated heterocycles. The molecular weight excluding hydrogens is 568 g/mol. The fraction of sp³-hybridized carbons (Fsp3) is 0.212. The zero-order valence-electron chi connectivity index (χ0n) is 23.9. The summed E-state index contributed by atoms with van der Waals surface area (Å²) in [5.41, 5.74) is 2.53. The van der Waals surface area contributed by atoms with Crippen molar-refractivity contribution in [3.05, 3.63) is 121 Å². The van der Waals surface area contributed by atoms with Crippen molar-refractivity contribution >= 4 is 35.0 Å². The van der Waals surface area contributed by atoms with E-state index in [1.807, 2.05) is 48.5 Å². The first-order valence-corrected chi connectivity index (χ1v) is 14.6. The molecule has 0 unspecified atom stereocenters. The number of ether oxygens (including phenoxy) is 4. The summed E-state index contributed by atoms with van der Waals surface area (Å²) in [5.74, 6) is 0.0887. The van der Waals surface area contributed by atoms with Gasteiger partial charge in [-0.15, -0.1) is 0 Å². The minimum absolute atomic E-state index is 0.165. The van der Waals surface area contributed by atoms with Crippen molar-refractivity contribution < 1.29 is 28.5 Å². The first-order chi connectivity index (χ1) is 20.9. The Bertz CT molecular complexity index is 1840. The average molecular weight is 599 g/mol. The molecule has 0 N–H and O–H groups in total. The van der Waals surface area contributed by atoms with Crippen LogP contribution < -0.4 is 24.4 Å². The average Bonchev–Trinajstić information content (AvgIpc) is 3.34. The minimum Gasteiger partial charge on any atom is -0.497 e. The number of nitrogens with zero attached hydrogens (tertiary/aromatic N) is 2. The highest BCUT2D eigenvalue weighted by molar-refractivity contribution is 7.07. The van der Waals surface area contributed by atoms with Gasteiger partial charge < -0.3 is 18.9 Å². The Morgan fingerprint density at radius 3 is 2.37 bits per heavy atom. The van der Waals surface area contributed by atoms with Crippen molar-refractivity contribution in [2.75, 3.05) is 26.9 Å². The maximum absolute atomic E-state index is 14.1. The van der Waals surface area contributed by atoms with Gasteiger partial charge in [0, 0.05) is 5.56 Å². The largest absolute Gasteiger partial charge is 0.497 e. The number of carbonyl (C=O) groups excluding carboxylic acids is 2. The SMILES string of the molecule is CCOC(=O)COc1cccc(/C=c2\sc3n(c2=O)[C@H](c2ccc(OC)cc2)C(C(=O)OCC)=C(c2ccccc2)N=3)c1. The van der Waals surface area contributed by atoms with E-state index >= 15 is 0 Å². The summed E-state index contributed by atoms with van der Waals surface area (Å²) in [6, 6.07) is 22.9. The number of methoxy groups -OCH3 is 1. The van der Waals surface area contributed by atoms with E-state index in [0.29, 0.717) is 37.7 Å². The Hall–Kier alpha value is -4.96. The zero-order chi connectivity index (χ0) is 30.3. The van der Waals surface area contributed by atoms with E-state index in [1.54, 1.807) is 57.4 Å². The lowest BCUT2D eigenvalue weighted by Gasteiger charge is -2.26. The highest BCUT2D eigenvalue weighted by atomic mass is 32.1. The van der Waals surface area contributed by atoms with Crippen LogP contribution in [0.2, 0.25) is 0 Å². The number of hydrogen-bond acceptors (Lipinski definition) is 9. The molecule has 220 valence electrons. The number of aromatic nitrogens is 1. The number of carbonyl (C=O) groups is 2. The molecule has 1 aromatic heterocycles. The van der Waals surface area contributed by atoms with Crippen LogP contribution in [0.1, 0.15) is 36.6 Å². The Morgan fingerprint density at radius 2 is 1.67 bits per heavy atom. The summed E-state index contributed by atoms with van der Waals surface area (Å²) in [4.78, 5) is 44.6. The van der Waals surface area contributed by atoms with E-state index in [9.17, 15) is 14.4 Å². The Morgan fingerprint density at radius 1 is 0.930 bits per heavy atom. The molecule has 0 fully saturated rings. The lowest BCUT2D eigenvalue weighted by Crippen LogP contribution is -2.40. The lowest BCUT2D eigenvalue weighted by molar-refractivity contribution is -0.145. The molecule has 0 amide bonds. The van der Waals surface area contributed by atoms with Crippen molar-refractivity contribution in [1.82, 2.24) is 4.57 Å². The second-order valence-corrected chi connectivity index (χ2v) is 10.4. The third-order valence-electron chi connectivity index (χ3n) is 6.62. The topological polar surface area (TPSA) is 105 Å². The van der Waals surface area contributed by atoms with Gasteiger partial charge in [0.15, 0.2) is 11.4 Å². The molecule has 43 heavy (non-hydrogen) atoms. The number of esters is 2. The van der Waals surface area contributed by atoms with Gasteiger partial charge in [0.1, 0.15) is 11.5 Å². The Kier molecular flexibility index (Phi) is 9.17. The first-order valence-electron chi connectivity index (χ1n) is 13.7. The van der Waals surface area contributed by atoms with Gasteiger partial charge in [0.05, 0.1) is 42.2 Å². The van der Waals surface area contributed by atoms with Gasteiger partial charge in [0.25, 0.3) is 5.56 Å². The smallest absolute Gasteiger partial charge is 0.344 e. The molecule has 0 aliphatic carbocycles. The summed E-state index contributed by atoms with van der Waals surface area (Å²) in [7, 11) is 1.58. The lowest BCUT2D eigenvalue weighted by atomic mass is 9.93. The molecule has 3 aromatic carbocycles. The summed E-state index contributed by atoms with van der Waals surface area (Å²) in [6.45, 7) is 3.68. The van der Waals surface area contributed by atoms with Crippen LogP contribution in [0.15, 0.2) is 94.2 Å². The molecule has 9 nitrogen and oxygen atoms in total. The first kappa shape index (κ1) is 29.5. The van der Waals surface area contributed by atoms with Crippen LogP contribution in [0.25, 0.3) is 11.8 Å². The molecule has 0 bridgehead atoms. The Balaban J connectivity index is 1.67. The van der Waals surface area contributed by atoms with Crippen molar-refractivity contribution in [2.24, 2.45) is 4.99 Å². The molecule has 0 radical (unpaired) electrons. The fourth-order valence-corrected chi connectivity index (χ4v) is 5.73. The van der Waals surface area contributed by atoms with E-state index in [1.165, 1.54) is 15.9 Å². The second-order valence-electron chi connectivity index (χ2n) is 9.37. The van der Waals surface area contributed by atoms with Crippen LogP contribution in [0.4, 0.5) is 0 Å². The van der Waals surface area contributed by atoms with Gasteiger partial charge in [-0.2, -0.15) is 0 Å². The second kappa shape index (κ2) is 13.3. The van der Waals surface area contributed by atoms with E-state index in [0.717, 1.165) is 5.56 Å². The molecule has 5 rings (SSSR count). The van der Waals surface area contributed by atoms with Crippen LogP contribution in [0.3, 0.4) is 0 Å². The highest BCUT2D eigenvalue weighted by Gasteiger charge is 2.35.